The van der Waals surface area contributed by atoms with Gasteiger partial charge in [0.05, 0.1) is 0 Å². The Morgan fingerprint density at radius 3 is 3.00 bits per heavy atom. The molecular weight excluding hydrogens is 234 g/mol. The van der Waals surface area contributed by atoms with Crippen LogP contribution in [0.3, 0.4) is 0 Å². The Bertz CT molecular complexity index is 538. The summed E-state index contributed by atoms with van der Waals surface area (Å²) < 4.78 is 0. The molecule has 1 aromatic heterocycles. The van der Waals surface area contributed by atoms with Gasteiger partial charge in [-0.15, -0.1) is 0 Å². The lowest BCUT2D eigenvalue weighted by Gasteiger charge is -2.36. The first-order valence-corrected chi connectivity index (χ1v) is 6.85. The molecule has 0 aliphatic heterocycles. The lowest BCUT2D eigenvalue weighted by atomic mass is 9.73. The minimum Gasteiger partial charge on any atom is -0.377 e. The van der Waals surface area contributed by atoms with E-state index in [1.807, 2.05) is 26.0 Å². The predicted molar refractivity (Wildman–Crippen MR) is 77.6 cm³/mol. The van der Waals surface area contributed by atoms with E-state index in [1.54, 1.807) is 6.20 Å². The molecule has 1 aromatic rings. The molecule has 2 heteroatoms. The van der Waals surface area contributed by atoms with Crippen LogP contribution in [-0.2, 0) is 0 Å². The summed E-state index contributed by atoms with van der Waals surface area (Å²) in [5, 5.41) is 10.8. The van der Waals surface area contributed by atoms with Gasteiger partial charge < -0.3 is 5.11 Å². The molecule has 2 unspecified atom stereocenters. The highest BCUT2D eigenvalue weighted by molar-refractivity contribution is 5.34. The van der Waals surface area contributed by atoms with Crippen LogP contribution in [0.15, 0.2) is 30.5 Å². The fourth-order valence-corrected chi connectivity index (χ4v) is 2.74. The van der Waals surface area contributed by atoms with Gasteiger partial charge in [-0.25, -0.2) is 4.98 Å². The van der Waals surface area contributed by atoms with Gasteiger partial charge in [0.25, 0.3) is 0 Å². The van der Waals surface area contributed by atoms with E-state index >= 15 is 0 Å². The number of aromatic nitrogens is 1. The number of hydrogen-bond acceptors (Lipinski definition) is 2. The predicted octanol–water partition coefficient (Wildman–Crippen LogP) is 3.24. The number of aliphatic hydroxyl groups is 1. The largest absolute Gasteiger partial charge is 0.377 e. The Kier molecular flexibility index (Phi) is 4.07. The molecule has 1 fully saturated rings. The fraction of sp³-hybridized carbons (Fsp3) is 0.471. The molecule has 2 rings (SSSR count). The van der Waals surface area contributed by atoms with E-state index in [9.17, 15) is 5.11 Å². The fourth-order valence-electron chi connectivity index (χ4n) is 2.74. The lowest BCUT2D eigenvalue weighted by Crippen LogP contribution is -2.39. The van der Waals surface area contributed by atoms with Crippen molar-refractivity contribution in [2.75, 3.05) is 0 Å². The average molecular weight is 255 g/mol. The molecule has 2 atom stereocenters. The van der Waals surface area contributed by atoms with Crippen molar-refractivity contribution in [2.24, 2.45) is 5.92 Å². The molecule has 0 saturated heterocycles. The molecule has 0 spiro atoms. The monoisotopic (exact) mass is 255 g/mol. The standard InChI is InChI=1S/C17H21NO/c1-13(2)16-6-4-5-9-17(16,19)10-7-15-12-14(3)8-11-18-15/h8,11-12,16,19H,1,4-6,9H2,2-3H3. The van der Waals surface area contributed by atoms with Gasteiger partial charge in [-0.2, -0.15) is 0 Å². The van der Waals surface area contributed by atoms with Crippen molar-refractivity contribution in [1.29, 1.82) is 0 Å². The first kappa shape index (κ1) is 13.8. The number of rotatable bonds is 1. The molecular formula is C17H21NO. The van der Waals surface area contributed by atoms with Crippen molar-refractivity contribution in [3.63, 3.8) is 0 Å². The molecule has 1 aliphatic carbocycles. The van der Waals surface area contributed by atoms with Gasteiger partial charge in [0.15, 0.2) is 0 Å². The van der Waals surface area contributed by atoms with Gasteiger partial charge >= 0.3 is 0 Å². The Balaban J connectivity index is 2.27. The SMILES string of the molecule is C=C(C)C1CCCCC1(O)C#Cc1cc(C)ccn1. The number of hydrogen-bond donors (Lipinski definition) is 1. The molecule has 0 amide bonds. The van der Waals surface area contributed by atoms with E-state index in [0.717, 1.165) is 42.5 Å². The van der Waals surface area contributed by atoms with Crippen LogP contribution >= 0.6 is 0 Å². The van der Waals surface area contributed by atoms with Crippen LogP contribution in [0.25, 0.3) is 0 Å². The van der Waals surface area contributed by atoms with Crippen molar-refractivity contribution in [2.45, 2.75) is 45.1 Å². The van der Waals surface area contributed by atoms with Gasteiger partial charge in [0.1, 0.15) is 11.3 Å². The molecule has 1 heterocycles. The van der Waals surface area contributed by atoms with Gasteiger partial charge in [-0.1, -0.05) is 24.5 Å². The Labute approximate surface area is 115 Å². The minimum atomic E-state index is -0.935. The summed E-state index contributed by atoms with van der Waals surface area (Å²) in [7, 11) is 0. The average Bonchev–Trinajstić information content (AvgIpc) is 2.37. The highest BCUT2D eigenvalue weighted by atomic mass is 16.3. The second-order valence-corrected chi connectivity index (χ2v) is 5.54. The zero-order valence-corrected chi connectivity index (χ0v) is 11.7. The van der Waals surface area contributed by atoms with E-state index in [4.69, 9.17) is 0 Å². The third-order valence-electron chi connectivity index (χ3n) is 3.79. The number of pyridine rings is 1. The first-order valence-electron chi connectivity index (χ1n) is 6.85. The summed E-state index contributed by atoms with van der Waals surface area (Å²) in [6.07, 6.45) is 5.62. The summed E-state index contributed by atoms with van der Waals surface area (Å²) in [6, 6.07) is 3.88. The van der Waals surface area contributed by atoms with Crippen molar-refractivity contribution >= 4 is 0 Å². The molecule has 1 saturated carbocycles. The lowest BCUT2D eigenvalue weighted by molar-refractivity contribution is 0.0204. The van der Waals surface area contributed by atoms with Crippen molar-refractivity contribution in [1.82, 2.24) is 4.98 Å². The highest BCUT2D eigenvalue weighted by Gasteiger charge is 2.37. The molecule has 0 bridgehead atoms. The van der Waals surface area contributed by atoms with Crippen LogP contribution in [-0.4, -0.2) is 15.7 Å². The molecule has 1 N–H and O–H groups in total. The first-order chi connectivity index (χ1) is 9.01. The van der Waals surface area contributed by atoms with E-state index in [0.29, 0.717) is 0 Å². The summed E-state index contributed by atoms with van der Waals surface area (Å²) in [6.45, 7) is 7.99. The maximum Gasteiger partial charge on any atom is 0.132 e. The zero-order valence-electron chi connectivity index (χ0n) is 11.7. The molecule has 100 valence electrons. The third kappa shape index (κ3) is 3.24. The van der Waals surface area contributed by atoms with Gasteiger partial charge in [0, 0.05) is 12.1 Å². The smallest absolute Gasteiger partial charge is 0.132 e. The molecule has 19 heavy (non-hydrogen) atoms. The number of nitrogens with zero attached hydrogens (tertiary/aromatic N) is 1. The van der Waals surface area contributed by atoms with E-state index < -0.39 is 5.60 Å². The minimum absolute atomic E-state index is 0.0820. The molecule has 2 nitrogen and oxygen atoms in total. The summed E-state index contributed by atoms with van der Waals surface area (Å²) >= 11 is 0. The van der Waals surface area contributed by atoms with Gasteiger partial charge in [-0.05, 0) is 56.7 Å². The quantitative estimate of drug-likeness (QED) is 0.617. The summed E-state index contributed by atoms with van der Waals surface area (Å²) in [5.41, 5.74) is 1.94. The number of aryl methyl sites for hydroxylation is 1. The third-order valence-corrected chi connectivity index (χ3v) is 3.79. The Hall–Kier alpha value is -1.59. The van der Waals surface area contributed by atoms with Crippen LogP contribution in [0.4, 0.5) is 0 Å². The van der Waals surface area contributed by atoms with Crippen LogP contribution in [0.1, 0.15) is 43.9 Å². The van der Waals surface area contributed by atoms with Crippen molar-refractivity contribution in [3.05, 3.63) is 41.7 Å². The molecule has 0 radical (unpaired) electrons. The normalized spacial score (nSPS) is 26.4. The van der Waals surface area contributed by atoms with Crippen LogP contribution < -0.4 is 0 Å². The van der Waals surface area contributed by atoms with Crippen molar-refractivity contribution < 1.29 is 5.11 Å². The Morgan fingerprint density at radius 2 is 2.32 bits per heavy atom. The van der Waals surface area contributed by atoms with Crippen molar-refractivity contribution in [3.8, 4) is 11.8 Å². The van der Waals surface area contributed by atoms with Gasteiger partial charge in [0.2, 0.25) is 0 Å². The highest BCUT2D eigenvalue weighted by Crippen LogP contribution is 2.37. The van der Waals surface area contributed by atoms with E-state index in [1.165, 1.54) is 0 Å². The maximum atomic E-state index is 10.8. The molecule has 1 aliphatic rings. The van der Waals surface area contributed by atoms with Crippen LogP contribution in [0, 0.1) is 24.7 Å². The van der Waals surface area contributed by atoms with E-state index in [2.05, 4.69) is 23.4 Å². The summed E-state index contributed by atoms with van der Waals surface area (Å²) in [5.74, 6) is 6.17. The second-order valence-electron chi connectivity index (χ2n) is 5.54. The van der Waals surface area contributed by atoms with E-state index in [-0.39, 0.29) is 5.92 Å². The second kappa shape index (κ2) is 5.59. The van der Waals surface area contributed by atoms with Gasteiger partial charge in [-0.3, -0.25) is 0 Å². The molecule has 0 aromatic carbocycles. The van der Waals surface area contributed by atoms with Crippen LogP contribution in [0.2, 0.25) is 0 Å². The summed E-state index contributed by atoms with van der Waals surface area (Å²) in [4.78, 5) is 4.22. The zero-order chi connectivity index (χ0) is 13.9. The van der Waals surface area contributed by atoms with Crippen LogP contribution in [0.5, 0.6) is 0 Å². The Morgan fingerprint density at radius 1 is 1.53 bits per heavy atom. The maximum absolute atomic E-state index is 10.8. The topological polar surface area (TPSA) is 33.1 Å².